The highest BCUT2D eigenvalue weighted by Gasteiger charge is 2.24. The zero-order valence-electron chi connectivity index (χ0n) is 12.6. The van der Waals surface area contributed by atoms with E-state index in [1.54, 1.807) is 11.6 Å². The molecule has 0 saturated carbocycles. The third-order valence-corrected chi connectivity index (χ3v) is 3.52. The van der Waals surface area contributed by atoms with E-state index in [0.717, 1.165) is 12.0 Å². The number of anilines is 1. The second-order valence-electron chi connectivity index (χ2n) is 4.83. The number of rotatable bonds is 6. The fraction of sp³-hybridized carbons (Fsp3) is 0.400. The summed E-state index contributed by atoms with van der Waals surface area (Å²) < 4.78 is 1.64. The molecule has 2 rings (SSSR count). The lowest BCUT2D eigenvalue weighted by Crippen LogP contribution is -2.09. The van der Waals surface area contributed by atoms with Crippen molar-refractivity contribution in [1.82, 2.24) is 9.78 Å². The standard InChI is InChI=1S/C15H20N4O2/c1-4-12-8-6-7-9-13(12)10-16-15-14(19(20)21)11(3)17-18(15)5-2/h6-9,16H,4-5,10H2,1-3H3. The molecule has 21 heavy (non-hydrogen) atoms. The van der Waals surface area contributed by atoms with E-state index < -0.39 is 0 Å². The molecule has 0 spiro atoms. The highest BCUT2D eigenvalue weighted by Crippen LogP contribution is 2.28. The largest absolute Gasteiger partial charge is 0.360 e. The monoisotopic (exact) mass is 288 g/mol. The van der Waals surface area contributed by atoms with Crippen LogP contribution in [0, 0.1) is 17.0 Å². The van der Waals surface area contributed by atoms with Gasteiger partial charge in [-0.25, -0.2) is 4.68 Å². The van der Waals surface area contributed by atoms with Crippen molar-refractivity contribution in [2.75, 3.05) is 5.32 Å². The summed E-state index contributed by atoms with van der Waals surface area (Å²) in [6.07, 6.45) is 0.937. The van der Waals surface area contributed by atoms with Gasteiger partial charge in [0.25, 0.3) is 0 Å². The molecule has 112 valence electrons. The van der Waals surface area contributed by atoms with Gasteiger partial charge in [-0.2, -0.15) is 5.10 Å². The van der Waals surface area contributed by atoms with E-state index in [1.165, 1.54) is 5.56 Å². The molecule has 0 amide bonds. The van der Waals surface area contributed by atoms with Gasteiger partial charge in [0.15, 0.2) is 0 Å². The lowest BCUT2D eigenvalue weighted by Gasteiger charge is -2.10. The summed E-state index contributed by atoms with van der Waals surface area (Å²) in [4.78, 5) is 10.8. The lowest BCUT2D eigenvalue weighted by molar-refractivity contribution is -0.384. The Morgan fingerprint density at radius 3 is 2.52 bits per heavy atom. The SMILES string of the molecule is CCc1ccccc1CNc1c([N+](=O)[O-])c(C)nn1CC. The summed E-state index contributed by atoms with van der Waals surface area (Å²) in [5, 5.41) is 18.6. The Hall–Kier alpha value is -2.37. The van der Waals surface area contributed by atoms with E-state index in [1.807, 2.05) is 25.1 Å². The van der Waals surface area contributed by atoms with Crippen LogP contribution < -0.4 is 5.32 Å². The van der Waals surface area contributed by atoms with E-state index in [9.17, 15) is 10.1 Å². The topological polar surface area (TPSA) is 73.0 Å². The Kier molecular flexibility index (Phi) is 4.57. The normalized spacial score (nSPS) is 10.6. The first-order chi connectivity index (χ1) is 10.1. The fourth-order valence-corrected chi connectivity index (χ4v) is 2.45. The van der Waals surface area contributed by atoms with Crippen molar-refractivity contribution in [2.24, 2.45) is 0 Å². The third kappa shape index (κ3) is 3.04. The smallest absolute Gasteiger partial charge is 0.333 e. The Morgan fingerprint density at radius 2 is 1.95 bits per heavy atom. The van der Waals surface area contributed by atoms with Crippen molar-refractivity contribution in [3.8, 4) is 0 Å². The number of nitrogens with zero attached hydrogens (tertiary/aromatic N) is 3. The van der Waals surface area contributed by atoms with E-state index >= 15 is 0 Å². The molecular formula is C15H20N4O2. The van der Waals surface area contributed by atoms with Gasteiger partial charge in [-0.05, 0) is 31.4 Å². The molecule has 1 aromatic carbocycles. The molecule has 0 aliphatic heterocycles. The van der Waals surface area contributed by atoms with Crippen LogP contribution in [0.15, 0.2) is 24.3 Å². The van der Waals surface area contributed by atoms with Crippen molar-refractivity contribution < 1.29 is 4.92 Å². The predicted octanol–water partition coefficient (Wildman–Crippen LogP) is 3.29. The summed E-state index contributed by atoms with van der Waals surface area (Å²) >= 11 is 0. The summed E-state index contributed by atoms with van der Waals surface area (Å²) in [6.45, 7) is 6.82. The van der Waals surface area contributed by atoms with Gasteiger partial charge in [0, 0.05) is 13.1 Å². The van der Waals surface area contributed by atoms with Crippen molar-refractivity contribution in [3.63, 3.8) is 0 Å². The maximum atomic E-state index is 11.2. The lowest BCUT2D eigenvalue weighted by atomic mass is 10.1. The molecule has 0 unspecified atom stereocenters. The summed E-state index contributed by atoms with van der Waals surface area (Å²) in [7, 11) is 0. The maximum Gasteiger partial charge on any atom is 0.333 e. The van der Waals surface area contributed by atoms with Crippen LogP contribution >= 0.6 is 0 Å². The van der Waals surface area contributed by atoms with E-state index in [0.29, 0.717) is 24.6 Å². The first-order valence-electron chi connectivity index (χ1n) is 7.10. The van der Waals surface area contributed by atoms with Gasteiger partial charge in [0.05, 0.1) is 4.92 Å². The number of hydrogen-bond acceptors (Lipinski definition) is 4. The number of benzene rings is 1. The molecule has 0 bridgehead atoms. The van der Waals surface area contributed by atoms with Crippen LogP contribution in [0.5, 0.6) is 0 Å². The molecule has 6 heteroatoms. The van der Waals surface area contributed by atoms with Gasteiger partial charge in [0.2, 0.25) is 5.82 Å². The van der Waals surface area contributed by atoms with Gasteiger partial charge < -0.3 is 5.32 Å². The Morgan fingerprint density at radius 1 is 1.29 bits per heavy atom. The highest BCUT2D eigenvalue weighted by molar-refractivity contribution is 5.59. The fourth-order valence-electron chi connectivity index (χ4n) is 2.45. The number of aryl methyl sites for hydroxylation is 3. The minimum Gasteiger partial charge on any atom is -0.360 e. The average Bonchev–Trinajstić information content (AvgIpc) is 2.81. The van der Waals surface area contributed by atoms with E-state index in [2.05, 4.69) is 23.4 Å². The zero-order valence-corrected chi connectivity index (χ0v) is 12.6. The van der Waals surface area contributed by atoms with Crippen LogP contribution in [0.25, 0.3) is 0 Å². The van der Waals surface area contributed by atoms with Gasteiger partial charge >= 0.3 is 5.69 Å². The molecule has 6 nitrogen and oxygen atoms in total. The predicted molar refractivity (Wildman–Crippen MR) is 82.4 cm³/mol. The number of hydrogen-bond donors (Lipinski definition) is 1. The van der Waals surface area contributed by atoms with Crippen molar-refractivity contribution in [1.29, 1.82) is 0 Å². The number of nitrogens with one attached hydrogen (secondary N) is 1. The Labute approximate surface area is 123 Å². The summed E-state index contributed by atoms with van der Waals surface area (Å²) in [6, 6.07) is 8.10. The van der Waals surface area contributed by atoms with Crippen LogP contribution in [0.4, 0.5) is 11.5 Å². The first-order valence-corrected chi connectivity index (χ1v) is 7.10. The molecule has 0 saturated heterocycles. The van der Waals surface area contributed by atoms with Crippen LogP contribution in [0.3, 0.4) is 0 Å². The van der Waals surface area contributed by atoms with Crippen molar-refractivity contribution in [3.05, 3.63) is 51.2 Å². The van der Waals surface area contributed by atoms with Crippen LogP contribution in [-0.2, 0) is 19.5 Å². The summed E-state index contributed by atoms with van der Waals surface area (Å²) in [5.74, 6) is 0.478. The molecule has 0 aliphatic carbocycles. The number of aromatic nitrogens is 2. The minimum atomic E-state index is -0.372. The Bertz CT molecular complexity index is 649. The van der Waals surface area contributed by atoms with Crippen molar-refractivity contribution in [2.45, 2.75) is 40.3 Å². The quantitative estimate of drug-likeness (QED) is 0.654. The molecule has 1 N–H and O–H groups in total. The zero-order chi connectivity index (χ0) is 15.4. The molecule has 0 radical (unpaired) electrons. The third-order valence-electron chi connectivity index (χ3n) is 3.52. The van der Waals surface area contributed by atoms with Gasteiger partial charge in [-0.3, -0.25) is 10.1 Å². The molecular weight excluding hydrogens is 268 g/mol. The van der Waals surface area contributed by atoms with Crippen LogP contribution in [0.2, 0.25) is 0 Å². The van der Waals surface area contributed by atoms with Gasteiger partial charge in [-0.15, -0.1) is 0 Å². The van der Waals surface area contributed by atoms with Crippen molar-refractivity contribution >= 4 is 11.5 Å². The second-order valence-corrected chi connectivity index (χ2v) is 4.83. The Balaban J connectivity index is 2.29. The van der Waals surface area contributed by atoms with Gasteiger partial charge in [-0.1, -0.05) is 31.2 Å². The van der Waals surface area contributed by atoms with E-state index in [4.69, 9.17) is 0 Å². The molecule has 0 aliphatic rings. The molecule has 2 aromatic rings. The van der Waals surface area contributed by atoms with Crippen LogP contribution in [-0.4, -0.2) is 14.7 Å². The average molecular weight is 288 g/mol. The van der Waals surface area contributed by atoms with E-state index in [-0.39, 0.29) is 10.6 Å². The molecule has 0 fully saturated rings. The molecule has 1 aromatic heterocycles. The minimum absolute atomic E-state index is 0.0610. The van der Waals surface area contributed by atoms with Crippen LogP contribution in [0.1, 0.15) is 30.7 Å². The number of nitro groups is 1. The summed E-state index contributed by atoms with van der Waals surface area (Å²) in [5.41, 5.74) is 2.89. The second kappa shape index (κ2) is 6.39. The van der Waals surface area contributed by atoms with Gasteiger partial charge in [0.1, 0.15) is 5.69 Å². The highest BCUT2D eigenvalue weighted by atomic mass is 16.6. The maximum absolute atomic E-state index is 11.2. The first kappa shape index (κ1) is 15.0. The molecule has 1 heterocycles. The molecule has 0 atom stereocenters.